The minimum Gasteiger partial charge on any atom is -0.370 e. The highest BCUT2D eigenvalue weighted by atomic mass is 15.2. The van der Waals surface area contributed by atoms with Crippen LogP contribution in [0.3, 0.4) is 0 Å². The second-order valence-corrected chi connectivity index (χ2v) is 4.07. The molecule has 0 aliphatic rings. The van der Waals surface area contributed by atoms with Gasteiger partial charge in [0, 0.05) is 25.2 Å². The van der Waals surface area contributed by atoms with Crippen molar-refractivity contribution in [3.05, 3.63) is 12.4 Å². The predicted molar refractivity (Wildman–Crippen MR) is 69.0 cm³/mol. The zero-order valence-electron chi connectivity index (χ0n) is 10.7. The maximum atomic E-state index is 4.31. The number of rotatable bonds is 6. The summed E-state index contributed by atoms with van der Waals surface area (Å²) in [6, 6.07) is 2.47. The second-order valence-electron chi connectivity index (χ2n) is 4.07. The average Bonchev–Trinajstić information content (AvgIpc) is 2.27. The molecule has 0 fully saturated rings. The van der Waals surface area contributed by atoms with Crippen LogP contribution in [-0.2, 0) is 0 Å². The summed E-state index contributed by atoms with van der Waals surface area (Å²) in [6.45, 7) is 10.5. The van der Waals surface area contributed by atoms with E-state index in [4.69, 9.17) is 0 Å². The van der Waals surface area contributed by atoms with Gasteiger partial charge in [0.25, 0.3) is 0 Å². The number of nitrogens with zero attached hydrogens (tertiary/aromatic N) is 3. The highest BCUT2D eigenvalue weighted by Crippen LogP contribution is 2.16. The molecule has 0 atom stereocenters. The Morgan fingerprint density at radius 3 is 2.62 bits per heavy atom. The predicted octanol–water partition coefficient (Wildman–Crippen LogP) is 2.53. The van der Waals surface area contributed by atoms with Crippen molar-refractivity contribution in [1.82, 2.24) is 9.97 Å². The molecule has 0 radical (unpaired) electrons. The highest BCUT2D eigenvalue weighted by molar-refractivity contribution is 5.48. The first kappa shape index (κ1) is 12.7. The molecule has 1 aromatic rings. The Bertz CT molecular complexity index is 312. The topological polar surface area (TPSA) is 41.0 Å². The van der Waals surface area contributed by atoms with Crippen LogP contribution in [-0.4, -0.2) is 29.1 Å². The Hall–Kier alpha value is -1.32. The van der Waals surface area contributed by atoms with Crippen LogP contribution >= 0.6 is 0 Å². The van der Waals surface area contributed by atoms with Crippen molar-refractivity contribution < 1.29 is 0 Å². The quantitative estimate of drug-likeness (QED) is 0.803. The Morgan fingerprint density at radius 2 is 2.06 bits per heavy atom. The van der Waals surface area contributed by atoms with Crippen molar-refractivity contribution in [2.45, 2.75) is 40.2 Å². The minimum absolute atomic E-state index is 0.457. The maximum absolute atomic E-state index is 4.31. The van der Waals surface area contributed by atoms with E-state index in [1.165, 1.54) is 0 Å². The number of hydrogen-bond donors (Lipinski definition) is 1. The summed E-state index contributed by atoms with van der Waals surface area (Å²) in [4.78, 5) is 10.8. The largest absolute Gasteiger partial charge is 0.370 e. The first-order valence-corrected chi connectivity index (χ1v) is 6.01. The molecule has 1 N–H and O–H groups in total. The van der Waals surface area contributed by atoms with E-state index in [0.29, 0.717) is 6.04 Å². The molecule has 4 heteroatoms. The zero-order chi connectivity index (χ0) is 12.0. The zero-order valence-corrected chi connectivity index (χ0v) is 10.7. The fraction of sp³-hybridized carbons (Fsp3) is 0.667. The van der Waals surface area contributed by atoms with Crippen LogP contribution in [0.4, 0.5) is 11.6 Å². The van der Waals surface area contributed by atoms with Gasteiger partial charge in [-0.2, -0.15) is 0 Å². The summed E-state index contributed by atoms with van der Waals surface area (Å²) < 4.78 is 0. The van der Waals surface area contributed by atoms with Crippen molar-refractivity contribution in [1.29, 1.82) is 0 Å². The van der Waals surface area contributed by atoms with E-state index < -0.39 is 0 Å². The molecular weight excluding hydrogens is 200 g/mol. The lowest BCUT2D eigenvalue weighted by molar-refractivity contribution is 0.692. The van der Waals surface area contributed by atoms with Crippen molar-refractivity contribution >= 4 is 11.6 Å². The standard InChI is InChI=1S/C12H22N4/c1-5-7-13-11-8-12(15-9-14-11)16(6-2)10(3)4/h8-10H,5-7H2,1-4H3,(H,13,14,15). The molecule has 90 valence electrons. The fourth-order valence-electron chi connectivity index (χ4n) is 1.65. The van der Waals surface area contributed by atoms with Crippen molar-refractivity contribution in [3.8, 4) is 0 Å². The van der Waals surface area contributed by atoms with Crippen LogP contribution in [0.1, 0.15) is 34.1 Å². The van der Waals surface area contributed by atoms with Crippen LogP contribution in [0, 0.1) is 0 Å². The smallest absolute Gasteiger partial charge is 0.134 e. The molecule has 1 aromatic heterocycles. The van der Waals surface area contributed by atoms with Gasteiger partial charge in [-0.25, -0.2) is 9.97 Å². The Labute approximate surface area is 98.1 Å². The number of anilines is 2. The average molecular weight is 222 g/mol. The summed E-state index contributed by atoms with van der Waals surface area (Å²) >= 11 is 0. The van der Waals surface area contributed by atoms with Gasteiger partial charge in [0.1, 0.15) is 18.0 Å². The van der Waals surface area contributed by atoms with Crippen LogP contribution in [0.5, 0.6) is 0 Å². The molecule has 0 aromatic carbocycles. The van der Waals surface area contributed by atoms with Crippen LogP contribution < -0.4 is 10.2 Å². The van der Waals surface area contributed by atoms with Crippen molar-refractivity contribution in [3.63, 3.8) is 0 Å². The Morgan fingerprint density at radius 1 is 1.31 bits per heavy atom. The second kappa shape index (κ2) is 6.30. The number of aromatic nitrogens is 2. The van der Waals surface area contributed by atoms with E-state index in [-0.39, 0.29) is 0 Å². The molecule has 0 aliphatic heterocycles. The van der Waals surface area contributed by atoms with E-state index in [1.807, 2.05) is 6.07 Å². The van der Waals surface area contributed by atoms with Gasteiger partial charge in [-0.05, 0) is 27.2 Å². The van der Waals surface area contributed by atoms with Crippen molar-refractivity contribution in [2.75, 3.05) is 23.3 Å². The minimum atomic E-state index is 0.457. The van der Waals surface area contributed by atoms with E-state index in [0.717, 1.165) is 31.1 Å². The molecular formula is C12H22N4. The van der Waals surface area contributed by atoms with Gasteiger partial charge in [-0.3, -0.25) is 0 Å². The fourth-order valence-corrected chi connectivity index (χ4v) is 1.65. The number of nitrogens with one attached hydrogen (secondary N) is 1. The van der Waals surface area contributed by atoms with Gasteiger partial charge >= 0.3 is 0 Å². The summed E-state index contributed by atoms with van der Waals surface area (Å²) in [5, 5.41) is 3.27. The Balaban J connectivity index is 2.79. The van der Waals surface area contributed by atoms with Gasteiger partial charge in [-0.1, -0.05) is 6.92 Å². The third kappa shape index (κ3) is 3.36. The summed E-state index contributed by atoms with van der Waals surface area (Å²) in [5.41, 5.74) is 0. The van der Waals surface area contributed by atoms with Gasteiger partial charge in [-0.15, -0.1) is 0 Å². The SMILES string of the molecule is CCCNc1cc(N(CC)C(C)C)ncn1. The van der Waals surface area contributed by atoms with Gasteiger partial charge < -0.3 is 10.2 Å². The molecule has 1 rings (SSSR count). The van der Waals surface area contributed by atoms with Gasteiger partial charge in [0.15, 0.2) is 0 Å². The normalized spacial score (nSPS) is 10.6. The molecule has 0 saturated heterocycles. The van der Waals surface area contributed by atoms with E-state index in [1.54, 1.807) is 6.33 Å². The molecule has 0 bridgehead atoms. The summed E-state index contributed by atoms with van der Waals surface area (Å²) in [6.07, 6.45) is 2.72. The van der Waals surface area contributed by atoms with Crippen LogP contribution in [0.2, 0.25) is 0 Å². The first-order chi connectivity index (χ1) is 7.69. The van der Waals surface area contributed by atoms with E-state index >= 15 is 0 Å². The van der Waals surface area contributed by atoms with Crippen molar-refractivity contribution in [2.24, 2.45) is 0 Å². The third-order valence-electron chi connectivity index (χ3n) is 2.47. The summed E-state index contributed by atoms with van der Waals surface area (Å²) in [5.74, 6) is 1.90. The molecule has 4 nitrogen and oxygen atoms in total. The van der Waals surface area contributed by atoms with Crippen LogP contribution in [0.25, 0.3) is 0 Å². The molecule has 0 spiro atoms. The van der Waals surface area contributed by atoms with E-state index in [2.05, 4.69) is 47.9 Å². The maximum Gasteiger partial charge on any atom is 0.134 e. The highest BCUT2D eigenvalue weighted by Gasteiger charge is 2.10. The van der Waals surface area contributed by atoms with E-state index in [9.17, 15) is 0 Å². The number of hydrogen-bond acceptors (Lipinski definition) is 4. The summed E-state index contributed by atoms with van der Waals surface area (Å²) in [7, 11) is 0. The molecule has 1 heterocycles. The molecule has 16 heavy (non-hydrogen) atoms. The molecule has 0 aliphatic carbocycles. The molecule has 0 saturated carbocycles. The van der Waals surface area contributed by atoms with Crippen LogP contribution in [0.15, 0.2) is 12.4 Å². The van der Waals surface area contributed by atoms with Gasteiger partial charge in [0.2, 0.25) is 0 Å². The monoisotopic (exact) mass is 222 g/mol. The Kier molecular flexibility index (Phi) is 5.02. The third-order valence-corrected chi connectivity index (χ3v) is 2.47. The lowest BCUT2D eigenvalue weighted by atomic mass is 10.3. The van der Waals surface area contributed by atoms with Gasteiger partial charge in [0.05, 0.1) is 0 Å². The lowest BCUT2D eigenvalue weighted by Crippen LogP contribution is -2.31. The first-order valence-electron chi connectivity index (χ1n) is 6.01. The molecule has 0 unspecified atom stereocenters. The lowest BCUT2D eigenvalue weighted by Gasteiger charge is -2.26. The molecule has 0 amide bonds.